The topological polar surface area (TPSA) is 131 Å². The molecule has 0 bridgehead atoms. The van der Waals surface area contributed by atoms with E-state index < -0.39 is 41.1 Å². The molecule has 0 aromatic heterocycles. The molecule has 3 N–H and O–H groups in total. The third-order valence-corrected chi connectivity index (χ3v) is 4.18. The molecule has 0 spiro atoms. The Bertz CT molecular complexity index is 777. The summed E-state index contributed by atoms with van der Waals surface area (Å²) in [7, 11) is -3.83. The fourth-order valence-electron chi connectivity index (χ4n) is 1.81. The number of ether oxygens (including phenoxy) is 1. The number of carbonyl (C=O) groups is 3. The lowest BCUT2D eigenvalue weighted by Gasteiger charge is -2.13. The average Bonchev–Trinajstić information content (AvgIpc) is 2.64. The number of sulfonamides is 1. The molecule has 2 amide bonds. The van der Waals surface area contributed by atoms with Gasteiger partial charge in [0.25, 0.3) is 5.91 Å². The first-order chi connectivity index (χ1) is 12.7. The van der Waals surface area contributed by atoms with Gasteiger partial charge in [-0.25, -0.2) is 13.1 Å². The minimum absolute atomic E-state index is 0.366. The van der Waals surface area contributed by atoms with E-state index in [0.29, 0.717) is 12.1 Å². The van der Waals surface area contributed by atoms with Crippen LogP contribution in [0.4, 0.5) is 0 Å². The molecule has 0 saturated heterocycles. The van der Waals surface area contributed by atoms with Gasteiger partial charge in [-0.1, -0.05) is 30.3 Å². The van der Waals surface area contributed by atoms with Gasteiger partial charge in [-0.05, 0) is 25.5 Å². The molecule has 9 nitrogen and oxygen atoms in total. The van der Waals surface area contributed by atoms with Crippen molar-refractivity contribution in [2.75, 3.05) is 19.7 Å². The van der Waals surface area contributed by atoms with E-state index >= 15 is 0 Å². The normalized spacial score (nSPS) is 12.4. The van der Waals surface area contributed by atoms with Gasteiger partial charge in [0.15, 0.2) is 6.61 Å². The molecular formula is C17H23N3O6S. The maximum atomic E-state index is 11.8. The van der Waals surface area contributed by atoms with Crippen molar-refractivity contribution in [2.45, 2.75) is 19.9 Å². The number of rotatable bonds is 10. The van der Waals surface area contributed by atoms with Gasteiger partial charge in [-0.3, -0.25) is 14.4 Å². The molecule has 1 aromatic rings. The van der Waals surface area contributed by atoms with E-state index in [1.807, 2.05) is 4.72 Å². The standard InChI is InChI=1S/C17H23N3O6S/c1-3-18-17(23)13(2)20-15(21)12-26-16(22)11-19-27(24,25)10-9-14-7-5-4-6-8-14/h4-10,13,19H,3,11-12H2,1-2H3,(H,18,23)(H,20,21)/b10-9+/t13-/m0/s1. The monoisotopic (exact) mass is 397 g/mol. The van der Waals surface area contributed by atoms with Crippen molar-refractivity contribution in [2.24, 2.45) is 0 Å². The summed E-state index contributed by atoms with van der Waals surface area (Å²) in [4.78, 5) is 34.6. The molecule has 0 aliphatic heterocycles. The average molecular weight is 397 g/mol. The van der Waals surface area contributed by atoms with Crippen molar-refractivity contribution >= 4 is 33.9 Å². The third-order valence-electron chi connectivity index (χ3n) is 3.14. The molecule has 27 heavy (non-hydrogen) atoms. The van der Waals surface area contributed by atoms with E-state index in [2.05, 4.69) is 15.4 Å². The van der Waals surface area contributed by atoms with Crippen LogP contribution in [0.5, 0.6) is 0 Å². The number of amides is 2. The molecule has 0 aliphatic carbocycles. The van der Waals surface area contributed by atoms with E-state index in [1.165, 1.54) is 13.0 Å². The van der Waals surface area contributed by atoms with Gasteiger partial charge in [0.1, 0.15) is 12.6 Å². The van der Waals surface area contributed by atoms with E-state index in [9.17, 15) is 22.8 Å². The zero-order valence-corrected chi connectivity index (χ0v) is 15.9. The van der Waals surface area contributed by atoms with E-state index in [-0.39, 0.29) is 5.91 Å². The van der Waals surface area contributed by atoms with Gasteiger partial charge < -0.3 is 15.4 Å². The largest absolute Gasteiger partial charge is 0.455 e. The molecular weight excluding hydrogens is 374 g/mol. The van der Waals surface area contributed by atoms with E-state index in [1.54, 1.807) is 37.3 Å². The second-order valence-electron chi connectivity index (χ2n) is 5.42. The van der Waals surface area contributed by atoms with Gasteiger partial charge in [0.2, 0.25) is 15.9 Å². The molecule has 0 aliphatic rings. The van der Waals surface area contributed by atoms with Crippen molar-refractivity contribution in [3.63, 3.8) is 0 Å². The molecule has 1 aromatic carbocycles. The first-order valence-electron chi connectivity index (χ1n) is 8.19. The van der Waals surface area contributed by atoms with E-state index in [0.717, 1.165) is 5.41 Å². The first kappa shape index (κ1) is 22.3. The molecule has 10 heteroatoms. The lowest BCUT2D eigenvalue weighted by molar-refractivity contribution is -0.147. The summed E-state index contributed by atoms with van der Waals surface area (Å²) in [6.07, 6.45) is 1.38. The summed E-state index contributed by atoms with van der Waals surface area (Å²) in [5, 5.41) is 5.81. The Morgan fingerprint density at radius 1 is 1.19 bits per heavy atom. The van der Waals surface area contributed by atoms with Crippen LogP contribution >= 0.6 is 0 Å². The number of nitrogens with one attached hydrogen (secondary N) is 3. The van der Waals surface area contributed by atoms with Crippen LogP contribution in [0.2, 0.25) is 0 Å². The SMILES string of the molecule is CCNC(=O)[C@H](C)NC(=O)COC(=O)CNS(=O)(=O)/C=C/c1ccccc1. The van der Waals surface area contributed by atoms with Crippen LogP contribution < -0.4 is 15.4 Å². The summed E-state index contributed by atoms with van der Waals surface area (Å²) < 4.78 is 30.3. The second kappa shape index (κ2) is 11.1. The molecule has 148 valence electrons. The Hall–Kier alpha value is -2.72. The maximum Gasteiger partial charge on any atom is 0.321 e. The number of carbonyl (C=O) groups excluding carboxylic acids is 3. The van der Waals surface area contributed by atoms with Crippen molar-refractivity contribution in [1.82, 2.24) is 15.4 Å². The van der Waals surface area contributed by atoms with Gasteiger partial charge >= 0.3 is 5.97 Å². The van der Waals surface area contributed by atoms with Crippen molar-refractivity contribution in [3.8, 4) is 0 Å². The van der Waals surface area contributed by atoms with Crippen LogP contribution in [0.15, 0.2) is 35.7 Å². The summed E-state index contributed by atoms with van der Waals surface area (Å²) in [5.41, 5.74) is 0.684. The molecule has 0 fully saturated rings. The van der Waals surface area contributed by atoms with Crippen LogP contribution in [-0.4, -0.2) is 51.9 Å². The Kier molecular flexibility index (Phi) is 9.17. The highest BCUT2D eigenvalue weighted by Crippen LogP contribution is 2.02. The number of hydrogen-bond donors (Lipinski definition) is 3. The summed E-state index contributed by atoms with van der Waals surface area (Å²) in [6.45, 7) is 2.40. The predicted octanol–water partition coefficient (Wildman–Crippen LogP) is -0.239. The number of hydrogen-bond acceptors (Lipinski definition) is 6. The molecule has 0 heterocycles. The molecule has 1 rings (SSSR count). The number of likely N-dealkylation sites (N-methyl/N-ethyl adjacent to an activating group) is 1. The first-order valence-corrected chi connectivity index (χ1v) is 9.73. The second-order valence-corrected chi connectivity index (χ2v) is 7.07. The lowest BCUT2D eigenvalue weighted by atomic mass is 10.2. The van der Waals surface area contributed by atoms with Crippen LogP contribution in [-0.2, 0) is 29.1 Å². The van der Waals surface area contributed by atoms with Gasteiger partial charge in [-0.2, -0.15) is 0 Å². The van der Waals surface area contributed by atoms with Crippen molar-refractivity contribution < 1.29 is 27.5 Å². The summed E-state index contributed by atoms with van der Waals surface area (Å²) >= 11 is 0. The fourth-order valence-corrected chi connectivity index (χ4v) is 2.56. The Balaban J connectivity index is 2.36. The zero-order valence-electron chi connectivity index (χ0n) is 15.1. The highest BCUT2D eigenvalue weighted by molar-refractivity contribution is 7.92. The highest BCUT2D eigenvalue weighted by Gasteiger charge is 2.16. The molecule has 0 unspecified atom stereocenters. The van der Waals surface area contributed by atoms with E-state index in [4.69, 9.17) is 0 Å². The third kappa shape index (κ3) is 9.52. The molecule has 0 saturated carbocycles. The molecule has 1 atom stereocenters. The molecule has 0 radical (unpaired) electrons. The fraction of sp³-hybridized carbons (Fsp3) is 0.353. The summed E-state index contributed by atoms with van der Waals surface area (Å²) in [5.74, 6) is -1.96. The van der Waals surface area contributed by atoms with Gasteiger partial charge in [0.05, 0.1) is 0 Å². The van der Waals surface area contributed by atoms with Crippen molar-refractivity contribution in [1.29, 1.82) is 0 Å². The Labute approximate surface area is 158 Å². The van der Waals surface area contributed by atoms with Gasteiger partial charge in [-0.15, -0.1) is 0 Å². The predicted molar refractivity (Wildman–Crippen MR) is 99.6 cm³/mol. The van der Waals surface area contributed by atoms with Crippen molar-refractivity contribution in [3.05, 3.63) is 41.3 Å². The maximum absolute atomic E-state index is 11.8. The number of benzene rings is 1. The van der Waals surface area contributed by atoms with Gasteiger partial charge in [0, 0.05) is 12.0 Å². The minimum Gasteiger partial charge on any atom is -0.455 e. The zero-order chi connectivity index (χ0) is 20.3. The van der Waals surface area contributed by atoms with Crippen LogP contribution in [0.25, 0.3) is 6.08 Å². The minimum atomic E-state index is -3.83. The Morgan fingerprint density at radius 3 is 2.48 bits per heavy atom. The van der Waals surface area contributed by atoms with Crippen LogP contribution in [0.3, 0.4) is 0 Å². The Morgan fingerprint density at radius 2 is 1.85 bits per heavy atom. The highest BCUT2D eigenvalue weighted by atomic mass is 32.2. The summed E-state index contributed by atoms with van der Waals surface area (Å²) in [6, 6.07) is 7.98. The van der Waals surface area contributed by atoms with Crippen LogP contribution in [0, 0.1) is 0 Å². The smallest absolute Gasteiger partial charge is 0.321 e. The van der Waals surface area contributed by atoms with Crippen LogP contribution in [0.1, 0.15) is 19.4 Å². The quantitative estimate of drug-likeness (QED) is 0.467. The lowest BCUT2D eigenvalue weighted by Crippen LogP contribution is -2.46. The number of esters is 1.